The van der Waals surface area contributed by atoms with Crippen LogP contribution in [0.5, 0.6) is 5.75 Å². The molecule has 0 aromatic heterocycles. The minimum absolute atomic E-state index is 0.0257. The van der Waals surface area contributed by atoms with Gasteiger partial charge < -0.3 is 24.8 Å². The summed E-state index contributed by atoms with van der Waals surface area (Å²) in [6, 6.07) is 16.5. The monoisotopic (exact) mass is 437 g/mol. The summed E-state index contributed by atoms with van der Waals surface area (Å²) in [5, 5.41) is 3.10. The van der Waals surface area contributed by atoms with E-state index in [9.17, 15) is 4.79 Å². The first-order valence-corrected chi connectivity index (χ1v) is 11.6. The third-order valence-corrected chi connectivity index (χ3v) is 6.49. The zero-order valence-electron chi connectivity index (χ0n) is 19.3. The van der Waals surface area contributed by atoms with Crippen LogP contribution in [0.3, 0.4) is 0 Å². The molecule has 2 saturated heterocycles. The molecule has 0 radical (unpaired) electrons. The van der Waals surface area contributed by atoms with Crippen LogP contribution in [0.25, 0.3) is 0 Å². The largest absolute Gasteiger partial charge is 0.495 e. The fourth-order valence-electron chi connectivity index (χ4n) is 4.37. The van der Waals surface area contributed by atoms with Crippen LogP contribution in [0.15, 0.2) is 48.5 Å². The number of amides is 2. The molecule has 2 amide bonds. The predicted molar refractivity (Wildman–Crippen MR) is 130 cm³/mol. The molecule has 2 aliphatic heterocycles. The summed E-state index contributed by atoms with van der Waals surface area (Å²) in [6.45, 7) is 8.31. The minimum atomic E-state index is -0.0257. The topological polar surface area (TPSA) is 51.3 Å². The molecule has 2 fully saturated rings. The average molecular weight is 438 g/mol. The number of benzene rings is 2. The number of rotatable bonds is 6. The maximum atomic E-state index is 12.9. The molecule has 32 heavy (non-hydrogen) atoms. The van der Waals surface area contributed by atoms with Crippen molar-refractivity contribution in [2.75, 3.05) is 83.3 Å². The summed E-state index contributed by atoms with van der Waals surface area (Å²) < 4.78 is 5.58. The van der Waals surface area contributed by atoms with Gasteiger partial charge in [-0.3, -0.25) is 4.90 Å². The molecular formula is C25H35N5O2. The maximum Gasteiger partial charge on any atom is 0.321 e. The fraction of sp³-hybridized carbons (Fsp3) is 0.480. The Hall–Kier alpha value is -2.77. The van der Waals surface area contributed by atoms with Gasteiger partial charge in [0.05, 0.1) is 12.8 Å². The summed E-state index contributed by atoms with van der Waals surface area (Å²) in [6.07, 6.45) is 1.05. The first kappa shape index (κ1) is 22.4. The summed E-state index contributed by atoms with van der Waals surface area (Å²) in [5.41, 5.74) is 3.23. The van der Waals surface area contributed by atoms with E-state index >= 15 is 0 Å². The number of nitrogens with one attached hydrogen (secondary N) is 1. The van der Waals surface area contributed by atoms with E-state index in [4.69, 9.17) is 4.74 Å². The SMILES string of the molecule is COc1ccc(NC(=O)N2CCN(CCc3ccccc3)CC2)cc1N1CCN(C)CC1. The lowest BCUT2D eigenvalue weighted by molar-refractivity contribution is 0.148. The Balaban J connectivity index is 1.30. The lowest BCUT2D eigenvalue weighted by Crippen LogP contribution is -2.50. The molecule has 0 aliphatic carbocycles. The molecule has 0 saturated carbocycles. The van der Waals surface area contributed by atoms with Crippen LogP contribution < -0.4 is 15.0 Å². The average Bonchev–Trinajstić information content (AvgIpc) is 2.84. The lowest BCUT2D eigenvalue weighted by atomic mass is 10.1. The molecule has 1 N–H and O–H groups in total. The number of anilines is 2. The van der Waals surface area contributed by atoms with Crippen LogP contribution in [-0.2, 0) is 6.42 Å². The van der Waals surface area contributed by atoms with Crippen molar-refractivity contribution in [3.63, 3.8) is 0 Å². The summed E-state index contributed by atoms with van der Waals surface area (Å²) in [4.78, 5) is 21.9. The van der Waals surface area contributed by atoms with Crippen molar-refractivity contribution in [2.45, 2.75) is 6.42 Å². The van der Waals surface area contributed by atoms with E-state index in [0.29, 0.717) is 0 Å². The summed E-state index contributed by atoms with van der Waals surface area (Å²) in [7, 11) is 3.84. The molecule has 2 aromatic rings. The number of methoxy groups -OCH3 is 1. The molecule has 0 bridgehead atoms. The molecule has 7 nitrogen and oxygen atoms in total. The maximum absolute atomic E-state index is 12.9. The van der Waals surface area contributed by atoms with E-state index in [-0.39, 0.29) is 6.03 Å². The van der Waals surface area contributed by atoms with Crippen LogP contribution in [0, 0.1) is 0 Å². The van der Waals surface area contributed by atoms with Gasteiger partial charge in [-0.1, -0.05) is 30.3 Å². The standard InChI is InChI=1S/C25H35N5O2/c1-27-12-16-29(17-13-27)23-20-22(8-9-24(23)32-2)26-25(31)30-18-14-28(15-19-30)11-10-21-6-4-3-5-7-21/h3-9,20H,10-19H2,1-2H3,(H,26,31). The van der Waals surface area contributed by atoms with E-state index in [1.165, 1.54) is 5.56 Å². The van der Waals surface area contributed by atoms with Crippen molar-refractivity contribution in [3.05, 3.63) is 54.1 Å². The molecule has 4 rings (SSSR count). The van der Waals surface area contributed by atoms with Crippen LogP contribution in [0.4, 0.5) is 16.2 Å². The van der Waals surface area contributed by atoms with Gasteiger partial charge in [-0.05, 0) is 37.2 Å². The second-order valence-electron chi connectivity index (χ2n) is 8.67. The quantitative estimate of drug-likeness (QED) is 0.753. The van der Waals surface area contributed by atoms with E-state index in [1.807, 2.05) is 23.1 Å². The van der Waals surface area contributed by atoms with Gasteiger partial charge in [0.1, 0.15) is 5.75 Å². The van der Waals surface area contributed by atoms with Crippen LogP contribution in [-0.4, -0.2) is 93.8 Å². The lowest BCUT2D eigenvalue weighted by Gasteiger charge is -2.35. The van der Waals surface area contributed by atoms with Crippen LogP contribution in [0.1, 0.15) is 5.56 Å². The van der Waals surface area contributed by atoms with Gasteiger partial charge in [0.15, 0.2) is 0 Å². The Morgan fingerprint density at radius 2 is 1.66 bits per heavy atom. The highest BCUT2D eigenvalue weighted by Gasteiger charge is 2.22. The van der Waals surface area contributed by atoms with Gasteiger partial charge in [-0.25, -0.2) is 4.79 Å². The number of carbonyl (C=O) groups is 1. The summed E-state index contributed by atoms with van der Waals surface area (Å²) >= 11 is 0. The van der Waals surface area contributed by atoms with Crippen molar-refractivity contribution >= 4 is 17.4 Å². The molecule has 0 atom stereocenters. The first-order chi connectivity index (χ1) is 15.6. The normalized spacial score (nSPS) is 17.9. The van der Waals surface area contributed by atoms with Gasteiger partial charge in [-0.2, -0.15) is 0 Å². The molecule has 172 valence electrons. The zero-order valence-corrected chi connectivity index (χ0v) is 19.3. The highest BCUT2D eigenvalue weighted by atomic mass is 16.5. The second-order valence-corrected chi connectivity index (χ2v) is 8.67. The zero-order chi connectivity index (χ0) is 22.3. The number of piperazine rings is 2. The Morgan fingerprint density at radius 1 is 0.938 bits per heavy atom. The minimum Gasteiger partial charge on any atom is -0.495 e. The van der Waals surface area contributed by atoms with Crippen molar-refractivity contribution in [1.29, 1.82) is 0 Å². The number of urea groups is 1. The van der Waals surface area contributed by atoms with Crippen molar-refractivity contribution in [3.8, 4) is 5.75 Å². The van der Waals surface area contributed by atoms with Crippen molar-refractivity contribution in [2.24, 2.45) is 0 Å². The Bertz CT molecular complexity index is 875. The van der Waals surface area contributed by atoms with E-state index in [0.717, 1.165) is 82.4 Å². The highest BCUT2D eigenvalue weighted by Crippen LogP contribution is 2.32. The van der Waals surface area contributed by atoms with Gasteiger partial charge in [0, 0.05) is 64.6 Å². The molecule has 0 unspecified atom stereocenters. The Morgan fingerprint density at radius 3 is 2.34 bits per heavy atom. The summed E-state index contributed by atoms with van der Waals surface area (Å²) in [5.74, 6) is 0.847. The number of carbonyl (C=O) groups excluding carboxylic acids is 1. The van der Waals surface area contributed by atoms with Gasteiger partial charge in [-0.15, -0.1) is 0 Å². The van der Waals surface area contributed by atoms with Gasteiger partial charge in [0.2, 0.25) is 0 Å². The number of hydrogen-bond acceptors (Lipinski definition) is 5. The van der Waals surface area contributed by atoms with Crippen LogP contribution in [0.2, 0.25) is 0 Å². The predicted octanol–water partition coefficient (Wildman–Crippen LogP) is 2.84. The van der Waals surface area contributed by atoms with Crippen LogP contribution >= 0.6 is 0 Å². The third kappa shape index (κ3) is 5.72. The van der Waals surface area contributed by atoms with Crippen molar-refractivity contribution < 1.29 is 9.53 Å². The van der Waals surface area contributed by atoms with E-state index < -0.39 is 0 Å². The molecular weight excluding hydrogens is 402 g/mol. The third-order valence-electron chi connectivity index (χ3n) is 6.49. The second kappa shape index (κ2) is 10.7. The molecule has 7 heteroatoms. The van der Waals surface area contributed by atoms with Gasteiger partial charge in [0.25, 0.3) is 0 Å². The van der Waals surface area contributed by atoms with E-state index in [1.54, 1.807) is 7.11 Å². The number of likely N-dealkylation sites (N-methyl/N-ethyl adjacent to an activating group) is 1. The molecule has 0 spiro atoms. The van der Waals surface area contributed by atoms with E-state index in [2.05, 4.69) is 57.4 Å². The number of hydrogen-bond donors (Lipinski definition) is 1. The number of nitrogens with zero attached hydrogens (tertiary/aromatic N) is 4. The smallest absolute Gasteiger partial charge is 0.321 e. The molecule has 2 heterocycles. The Labute approximate surface area is 191 Å². The Kier molecular flexibility index (Phi) is 7.50. The molecule has 2 aromatic carbocycles. The molecule has 2 aliphatic rings. The number of ether oxygens (including phenoxy) is 1. The first-order valence-electron chi connectivity index (χ1n) is 11.6. The highest BCUT2D eigenvalue weighted by molar-refractivity contribution is 5.90. The van der Waals surface area contributed by atoms with Gasteiger partial charge >= 0.3 is 6.03 Å². The van der Waals surface area contributed by atoms with Crippen molar-refractivity contribution in [1.82, 2.24) is 14.7 Å². The fourth-order valence-corrected chi connectivity index (χ4v) is 4.37.